The fourth-order valence-corrected chi connectivity index (χ4v) is 10.0. The molecule has 1 aliphatic rings. The summed E-state index contributed by atoms with van der Waals surface area (Å²) in [5.41, 5.74) is 0.290. The smallest absolute Gasteiger partial charge is 0.261 e. The van der Waals surface area contributed by atoms with Crippen molar-refractivity contribution in [3.8, 4) is 6.07 Å². The van der Waals surface area contributed by atoms with Crippen molar-refractivity contribution in [3.63, 3.8) is 0 Å². The molecule has 2 atom stereocenters. The molecule has 1 aliphatic heterocycles. The number of anilines is 1. The van der Waals surface area contributed by atoms with Crippen LogP contribution in [0.5, 0.6) is 0 Å². The number of nitriles is 1. The van der Waals surface area contributed by atoms with Crippen molar-refractivity contribution < 1.29 is 17.9 Å². The Morgan fingerprint density at radius 1 is 0.946 bits per heavy atom. The molecule has 4 rings (SSSR count). The van der Waals surface area contributed by atoms with Gasteiger partial charge in [-0.15, -0.1) is 0 Å². The van der Waals surface area contributed by atoms with Crippen LogP contribution in [0, 0.1) is 23.0 Å². The summed E-state index contributed by atoms with van der Waals surface area (Å²) < 4.78 is 43.3. The molecule has 3 aromatic carbocycles. The Hall–Kier alpha value is -3.05. The second kappa shape index (κ2) is 10.7. The number of halogens is 2. The zero-order chi connectivity index (χ0) is 26.8. The average molecular weight is 521 g/mol. The molecule has 4 nitrogen and oxygen atoms in total. The zero-order valence-corrected chi connectivity index (χ0v) is 23.1. The fourth-order valence-electron chi connectivity index (χ4n) is 5.51. The summed E-state index contributed by atoms with van der Waals surface area (Å²) >= 11 is 0. The van der Waals surface area contributed by atoms with Gasteiger partial charge in [0.15, 0.2) is 11.6 Å². The molecule has 1 heterocycles. The highest BCUT2D eigenvalue weighted by Crippen LogP contribution is 2.39. The minimum absolute atomic E-state index is 0.0363. The number of rotatable bonds is 6. The summed E-state index contributed by atoms with van der Waals surface area (Å²) in [5.74, 6) is -2.14. The highest BCUT2D eigenvalue weighted by Gasteiger charge is 2.50. The van der Waals surface area contributed by atoms with Crippen LogP contribution in [0.4, 0.5) is 14.5 Å². The topological polar surface area (TPSA) is 45.5 Å². The van der Waals surface area contributed by atoms with Gasteiger partial charge in [0, 0.05) is 18.7 Å². The van der Waals surface area contributed by atoms with Crippen molar-refractivity contribution in [2.24, 2.45) is 0 Å². The largest absolute Gasteiger partial charge is 0.403 e. The first kappa shape index (κ1) is 27.0. The number of nitrogens with zero attached hydrogens (tertiary/aromatic N) is 2. The van der Waals surface area contributed by atoms with Gasteiger partial charge in [-0.3, -0.25) is 0 Å². The molecular formula is C30H34F2N2O2Si. The lowest BCUT2D eigenvalue weighted by molar-refractivity contribution is -0.00553. The Morgan fingerprint density at radius 3 is 1.92 bits per heavy atom. The van der Waals surface area contributed by atoms with E-state index in [0.717, 1.165) is 10.4 Å². The summed E-state index contributed by atoms with van der Waals surface area (Å²) in [7, 11) is -2.93. The highest BCUT2D eigenvalue weighted by molar-refractivity contribution is 6.99. The molecule has 1 fully saturated rings. The third-order valence-electron chi connectivity index (χ3n) is 6.98. The standard InChI is InChI=1S/C30H34F2N2O2Si/c1-21-18-34(19-22(2)36-21)29-24(16-23(17-33)27(31)28(29)32)20-35-37(30(3,4)5,25-12-8-6-9-13-25)26-14-10-7-11-15-26/h6-16,21-22H,18-20H2,1-5H3. The third-order valence-corrected chi connectivity index (χ3v) is 12.0. The van der Waals surface area contributed by atoms with Gasteiger partial charge >= 0.3 is 0 Å². The van der Waals surface area contributed by atoms with Crippen LogP contribution in [0.2, 0.25) is 5.04 Å². The van der Waals surface area contributed by atoms with E-state index in [2.05, 4.69) is 45.0 Å². The maximum atomic E-state index is 15.6. The molecule has 1 saturated heterocycles. The highest BCUT2D eigenvalue weighted by atomic mass is 28.4. The molecule has 0 radical (unpaired) electrons. The van der Waals surface area contributed by atoms with E-state index >= 15 is 4.39 Å². The first-order chi connectivity index (χ1) is 17.6. The van der Waals surface area contributed by atoms with Crippen LogP contribution in [0.25, 0.3) is 0 Å². The molecule has 3 aromatic rings. The Balaban J connectivity index is 1.86. The number of ether oxygens (including phenoxy) is 1. The van der Waals surface area contributed by atoms with E-state index in [1.807, 2.05) is 61.2 Å². The van der Waals surface area contributed by atoms with Crippen LogP contribution in [0.1, 0.15) is 45.7 Å². The van der Waals surface area contributed by atoms with Crippen molar-refractivity contribution in [2.45, 2.75) is 58.5 Å². The molecule has 0 bridgehead atoms. The molecule has 0 aliphatic carbocycles. The normalized spacial score (nSPS) is 18.5. The van der Waals surface area contributed by atoms with E-state index in [1.165, 1.54) is 6.07 Å². The fraction of sp³-hybridized carbons (Fsp3) is 0.367. The summed E-state index contributed by atoms with van der Waals surface area (Å²) in [5, 5.41) is 11.4. The maximum Gasteiger partial charge on any atom is 0.261 e. The number of benzene rings is 3. The third kappa shape index (κ3) is 5.19. The lowest BCUT2D eigenvalue weighted by Crippen LogP contribution is -2.66. The molecule has 194 valence electrons. The van der Waals surface area contributed by atoms with Gasteiger partial charge < -0.3 is 14.1 Å². The Bertz CT molecular complexity index is 1220. The van der Waals surface area contributed by atoms with Crippen molar-refractivity contribution in [1.82, 2.24) is 0 Å². The van der Waals surface area contributed by atoms with E-state index in [1.54, 1.807) is 0 Å². The second-order valence-electron chi connectivity index (χ2n) is 10.8. The minimum atomic E-state index is -2.93. The zero-order valence-electron chi connectivity index (χ0n) is 22.1. The predicted molar refractivity (Wildman–Crippen MR) is 146 cm³/mol. The van der Waals surface area contributed by atoms with Crippen LogP contribution in [-0.2, 0) is 15.8 Å². The molecule has 37 heavy (non-hydrogen) atoms. The number of morpholine rings is 1. The Labute approximate surface area is 219 Å². The maximum absolute atomic E-state index is 15.6. The summed E-state index contributed by atoms with van der Waals surface area (Å²) in [6, 6.07) is 23.6. The van der Waals surface area contributed by atoms with Crippen molar-refractivity contribution in [3.05, 3.63) is 89.5 Å². The molecule has 2 unspecified atom stereocenters. The molecule has 0 spiro atoms. The van der Waals surface area contributed by atoms with Gasteiger partial charge in [0.2, 0.25) is 0 Å². The van der Waals surface area contributed by atoms with E-state index in [0.29, 0.717) is 18.7 Å². The van der Waals surface area contributed by atoms with Gasteiger partial charge in [0.05, 0.1) is 30.1 Å². The minimum Gasteiger partial charge on any atom is -0.403 e. The second-order valence-corrected chi connectivity index (χ2v) is 15.1. The monoisotopic (exact) mass is 520 g/mol. The van der Waals surface area contributed by atoms with E-state index in [4.69, 9.17) is 9.16 Å². The van der Waals surface area contributed by atoms with Crippen molar-refractivity contribution >= 4 is 24.4 Å². The molecule has 0 N–H and O–H groups in total. The molecule has 7 heteroatoms. The van der Waals surface area contributed by atoms with Gasteiger partial charge in [0.25, 0.3) is 8.32 Å². The lowest BCUT2D eigenvalue weighted by atomic mass is 10.1. The first-order valence-electron chi connectivity index (χ1n) is 12.6. The van der Waals surface area contributed by atoms with Crippen LogP contribution in [-0.4, -0.2) is 33.6 Å². The molecule has 0 amide bonds. The van der Waals surface area contributed by atoms with Crippen molar-refractivity contribution in [1.29, 1.82) is 5.26 Å². The Morgan fingerprint density at radius 2 is 1.46 bits per heavy atom. The molecule has 0 saturated carbocycles. The van der Waals surface area contributed by atoms with E-state index in [9.17, 15) is 9.65 Å². The summed E-state index contributed by atoms with van der Waals surface area (Å²) in [6.45, 7) is 11.2. The van der Waals surface area contributed by atoms with Gasteiger partial charge in [-0.2, -0.15) is 5.26 Å². The number of hydrogen-bond acceptors (Lipinski definition) is 4. The van der Waals surface area contributed by atoms with Gasteiger partial charge in [-0.05, 0) is 35.3 Å². The quantitative estimate of drug-likeness (QED) is 0.401. The van der Waals surface area contributed by atoms with Gasteiger partial charge in [-0.25, -0.2) is 8.78 Å². The summed E-state index contributed by atoms with van der Waals surface area (Å²) in [6.07, 6.45) is -0.292. The van der Waals surface area contributed by atoms with Crippen LogP contribution >= 0.6 is 0 Å². The molecule has 0 aromatic heterocycles. The first-order valence-corrected chi connectivity index (χ1v) is 14.6. The molecular weight excluding hydrogens is 486 g/mol. The Kier molecular flexibility index (Phi) is 7.84. The van der Waals surface area contributed by atoms with Crippen LogP contribution in [0.15, 0.2) is 66.7 Å². The van der Waals surface area contributed by atoms with Gasteiger partial charge in [-0.1, -0.05) is 81.4 Å². The van der Waals surface area contributed by atoms with Crippen LogP contribution in [0.3, 0.4) is 0 Å². The van der Waals surface area contributed by atoms with E-state index in [-0.39, 0.29) is 35.1 Å². The number of hydrogen-bond donors (Lipinski definition) is 0. The predicted octanol–water partition coefficient (Wildman–Crippen LogP) is 5.53. The SMILES string of the molecule is CC1CN(c2c(CO[Si](c3ccccc3)(c3ccccc3)C(C)(C)C)cc(C#N)c(F)c2F)CC(C)O1. The van der Waals surface area contributed by atoms with E-state index < -0.39 is 20.0 Å². The average Bonchev–Trinajstić information content (AvgIpc) is 2.86. The lowest BCUT2D eigenvalue weighted by Gasteiger charge is -2.43. The van der Waals surface area contributed by atoms with Gasteiger partial charge in [0.1, 0.15) is 6.07 Å². The van der Waals surface area contributed by atoms with Crippen molar-refractivity contribution in [2.75, 3.05) is 18.0 Å². The summed E-state index contributed by atoms with van der Waals surface area (Å²) in [4.78, 5) is 1.82. The van der Waals surface area contributed by atoms with Crippen LogP contribution < -0.4 is 15.3 Å².